The minimum Gasteiger partial charge on any atom is -0.485 e. The van der Waals surface area contributed by atoms with Gasteiger partial charge in [0.1, 0.15) is 6.61 Å². The Labute approximate surface area is 193 Å². The van der Waals surface area contributed by atoms with E-state index in [1.165, 1.54) is 0 Å². The minimum absolute atomic E-state index is 0.124. The molecule has 2 aromatic rings. The van der Waals surface area contributed by atoms with Crippen molar-refractivity contribution in [2.75, 3.05) is 50.8 Å². The van der Waals surface area contributed by atoms with Crippen LogP contribution in [0.1, 0.15) is 12.8 Å². The molecule has 2 aliphatic heterocycles. The molecule has 1 amide bonds. The second-order valence-electron chi connectivity index (χ2n) is 7.76. The van der Waals surface area contributed by atoms with Crippen LogP contribution in [0.2, 0.25) is 10.0 Å². The van der Waals surface area contributed by atoms with Crippen LogP contribution in [0.3, 0.4) is 0 Å². The number of para-hydroxylation sites is 2. The highest BCUT2D eigenvalue weighted by Crippen LogP contribution is 2.33. The lowest BCUT2D eigenvalue weighted by Crippen LogP contribution is -2.47. The van der Waals surface area contributed by atoms with Crippen LogP contribution in [0, 0.1) is 0 Å². The molecule has 1 fully saturated rings. The molecule has 1 saturated heterocycles. The normalized spacial score (nSPS) is 18.6. The van der Waals surface area contributed by atoms with Crippen molar-refractivity contribution in [3.05, 3.63) is 52.5 Å². The molecule has 0 aromatic heterocycles. The van der Waals surface area contributed by atoms with Crippen LogP contribution < -0.4 is 19.7 Å². The number of amides is 1. The van der Waals surface area contributed by atoms with E-state index < -0.39 is 6.10 Å². The van der Waals surface area contributed by atoms with Gasteiger partial charge in [0.2, 0.25) is 6.10 Å². The van der Waals surface area contributed by atoms with E-state index in [9.17, 15) is 4.79 Å². The molecule has 166 valence electrons. The first-order valence-electron chi connectivity index (χ1n) is 10.7. The summed E-state index contributed by atoms with van der Waals surface area (Å²) in [5, 5.41) is 4.19. The predicted octanol–water partition coefficient (Wildman–Crippen LogP) is 3.85. The zero-order valence-corrected chi connectivity index (χ0v) is 18.9. The summed E-state index contributed by atoms with van der Waals surface area (Å²) >= 11 is 12.5. The molecule has 0 saturated carbocycles. The number of rotatable bonds is 7. The first-order chi connectivity index (χ1) is 15.1. The largest absolute Gasteiger partial charge is 0.485 e. The number of hydrogen-bond donors (Lipinski definition) is 1. The summed E-state index contributed by atoms with van der Waals surface area (Å²) in [7, 11) is 0. The highest BCUT2D eigenvalue weighted by Gasteiger charge is 2.27. The van der Waals surface area contributed by atoms with Gasteiger partial charge < -0.3 is 19.7 Å². The third-order valence-electron chi connectivity index (χ3n) is 5.65. The Hall–Kier alpha value is -2.15. The minimum atomic E-state index is -0.596. The Morgan fingerprint density at radius 3 is 2.58 bits per heavy atom. The fraction of sp³-hybridized carbons (Fsp3) is 0.435. The molecule has 1 atom stereocenters. The van der Waals surface area contributed by atoms with Crippen molar-refractivity contribution in [1.29, 1.82) is 0 Å². The Morgan fingerprint density at radius 2 is 1.77 bits per heavy atom. The number of piperazine rings is 1. The van der Waals surface area contributed by atoms with E-state index in [-0.39, 0.29) is 12.5 Å². The third-order valence-corrected chi connectivity index (χ3v) is 6.45. The van der Waals surface area contributed by atoms with Gasteiger partial charge in [-0.3, -0.25) is 9.69 Å². The molecule has 4 rings (SSSR count). The standard InChI is InChI=1S/C23H27Cl2N3O3/c24-17-6-5-7-18(22(17)25)28-14-12-27(13-15-28)11-4-3-10-26-23(29)21-16-30-19-8-1-2-9-20(19)31-21/h1-2,5-9,21H,3-4,10-16H2,(H,26,29). The monoisotopic (exact) mass is 463 g/mol. The van der Waals surface area contributed by atoms with Gasteiger partial charge in [-0.2, -0.15) is 0 Å². The zero-order chi connectivity index (χ0) is 21.6. The maximum absolute atomic E-state index is 12.3. The second-order valence-corrected chi connectivity index (χ2v) is 8.55. The lowest BCUT2D eigenvalue weighted by Gasteiger charge is -2.36. The van der Waals surface area contributed by atoms with Crippen LogP contribution in [-0.4, -0.2) is 62.8 Å². The maximum Gasteiger partial charge on any atom is 0.264 e. The average molecular weight is 464 g/mol. The molecule has 8 heteroatoms. The van der Waals surface area contributed by atoms with Crippen molar-refractivity contribution in [3.8, 4) is 11.5 Å². The van der Waals surface area contributed by atoms with Gasteiger partial charge in [0.25, 0.3) is 5.91 Å². The van der Waals surface area contributed by atoms with Gasteiger partial charge in [-0.1, -0.05) is 41.4 Å². The van der Waals surface area contributed by atoms with Gasteiger partial charge in [0, 0.05) is 32.7 Å². The Kier molecular flexibility index (Phi) is 7.43. The molecule has 0 radical (unpaired) electrons. The van der Waals surface area contributed by atoms with Gasteiger partial charge >= 0.3 is 0 Å². The molecule has 1 N–H and O–H groups in total. The Balaban J connectivity index is 1.12. The van der Waals surface area contributed by atoms with Gasteiger partial charge in [0.15, 0.2) is 11.5 Å². The highest BCUT2D eigenvalue weighted by atomic mass is 35.5. The van der Waals surface area contributed by atoms with Crippen LogP contribution in [-0.2, 0) is 4.79 Å². The highest BCUT2D eigenvalue weighted by molar-refractivity contribution is 6.43. The molecule has 1 unspecified atom stereocenters. The van der Waals surface area contributed by atoms with E-state index in [2.05, 4.69) is 15.1 Å². The zero-order valence-electron chi connectivity index (χ0n) is 17.4. The summed E-state index contributed by atoms with van der Waals surface area (Å²) in [6.07, 6.45) is 1.36. The van der Waals surface area contributed by atoms with Crippen molar-refractivity contribution >= 4 is 34.8 Å². The molecule has 2 heterocycles. The number of nitrogens with one attached hydrogen (secondary N) is 1. The number of unbranched alkanes of at least 4 members (excludes halogenated alkanes) is 1. The van der Waals surface area contributed by atoms with E-state index >= 15 is 0 Å². The lowest BCUT2D eigenvalue weighted by molar-refractivity contribution is -0.130. The van der Waals surface area contributed by atoms with Crippen LogP contribution in [0.4, 0.5) is 5.69 Å². The van der Waals surface area contributed by atoms with E-state index in [1.807, 2.05) is 42.5 Å². The predicted molar refractivity (Wildman–Crippen MR) is 124 cm³/mol. The summed E-state index contributed by atoms with van der Waals surface area (Å²) < 4.78 is 11.3. The summed E-state index contributed by atoms with van der Waals surface area (Å²) in [5.74, 6) is 1.18. The Morgan fingerprint density at radius 1 is 1.00 bits per heavy atom. The second kappa shape index (κ2) is 10.4. The van der Waals surface area contributed by atoms with E-state index in [0.29, 0.717) is 28.1 Å². The first kappa shape index (κ1) is 22.1. The number of nitrogens with zero attached hydrogens (tertiary/aromatic N) is 2. The van der Waals surface area contributed by atoms with Crippen LogP contribution >= 0.6 is 23.2 Å². The van der Waals surface area contributed by atoms with Crippen molar-refractivity contribution in [2.45, 2.75) is 18.9 Å². The molecule has 0 aliphatic carbocycles. The van der Waals surface area contributed by atoms with E-state index in [1.54, 1.807) is 0 Å². The van der Waals surface area contributed by atoms with Gasteiger partial charge in [-0.05, 0) is 43.7 Å². The van der Waals surface area contributed by atoms with Crippen molar-refractivity contribution in [2.24, 2.45) is 0 Å². The smallest absolute Gasteiger partial charge is 0.264 e. The van der Waals surface area contributed by atoms with Crippen LogP contribution in [0.5, 0.6) is 11.5 Å². The molecular formula is C23H27Cl2N3O3. The molecule has 31 heavy (non-hydrogen) atoms. The molecule has 0 bridgehead atoms. The van der Waals surface area contributed by atoms with Crippen LogP contribution in [0.15, 0.2) is 42.5 Å². The third kappa shape index (κ3) is 5.56. The summed E-state index contributed by atoms with van der Waals surface area (Å²) in [5.41, 5.74) is 1.01. The van der Waals surface area contributed by atoms with E-state index in [4.69, 9.17) is 32.7 Å². The SMILES string of the molecule is O=C(NCCCCN1CCN(c2cccc(Cl)c2Cl)CC1)C1COc2ccccc2O1. The summed E-state index contributed by atoms with van der Waals surface area (Å²) in [6.45, 7) is 5.73. The number of halogens is 2. The van der Waals surface area contributed by atoms with Crippen LogP contribution in [0.25, 0.3) is 0 Å². The number of fused-ring (bicyclic) bond motifs is 1. The average Bonchev–Trinajstić information content (AvgIpc) is 2.80. The fourth-order valence-corrected chi connectivity index (χ4v) is 4.30. The molecule has 0 spiro atoms. The molecule has 2 aliphatic rings. The number of carbonyl (C=O) groups excluding carboxylic acids is 1. The molecule has 6 nitrogen and oxygen atoms in total. The molecule has 2 aromatic carbocycles. The Bertz CT molecular complexity index is 903. The lowest BCUT2D eigenvalue weighted by atomic mass is 10.2. The number of anilines is 1. The quantitative estimate of drug-likeness (QED) is 0.631. The fourth-order valence-electron chi connectivity index (χ4n) is 3.88. The number of benzene rings is 2. The topological polar surface area (TPSA) is 54.0 Å². The molecular weight excluding hydrogens is 437 g/mol. The first-order valence-corrected chi connectivity index (χ1v) is 11.4. The van der Waals surface area contributed by atoms with Crippen molar-refractivity contribution in [3.63, 3.8) is 0 Å². The number of hydrogen-bond acceptors (Lipinski definition) is 5. The summed E-state index contributed by atoms with van der Waals surface area (Å²) in [4.78, 5) is 17.1. The van der Waals surface area contributed by atoms with Gasteiger partial charge in [-0.25, -0.2) is 0 Å². The summed E-state index contributed by atoms with van der Waals surface area (Å²) in [6, 6.07) is 13.2. The van der Waals surface area contributed by atoms with Gasteiger partial charge in [-0.15, -0.1) is 0 Å². The number of ether oxygens (including phenoxy) is 2. The number of carbonyl (C=O) groups is 1. The maximum atomic E-state index is 12.3. The van der Waals surface area contributed by atoms with Crippen molar-refractivity contribution in [1.82, 2.24) is 10.2 Å². The van der Waals surface area contributed by atoms with E-state index in [0.717, 1.165) is 51.3 Å². The van der Waals surface area contributed by atoms with Gasteiger partial charge in [0.05, 0.1) is 15.7 Å². The van der Waals surface area contributed by atoms with Crippen molar-refractivity contribution < 1.29 is 14.3 Å².